The molecule has 4 nitrogen and oxygen atoms in total. The molecule has 1 N–H and O–H groups in total. The fourth-order valence-electron chi connectivity index (χ4n) is 2.76. The van der Waals surface area contributed by atoms with Crippen LogP contribution in [0.2, 0.25) is 0 Å². The van der Waals surface area contributed by atoms with Crippen LogP contribution in [0.4, 0.5) is 22.0 Å². The van der Waals surface area contributed by atoms with Crippen LogP contribution >= 0.6 is 0 Å². The summed E-state index contributed by atoms with van der Waals surface area (Å²) in [5.41, 5.74) is -0.771. The minimum absolute atomic E-state index is 0.0270. The molecule has 0 radical (unpaired) electrons. The summed E-state index contributed by atoms with van der Waals surface area (Å²) in [7, 11) is 0. The van der Waals surface area contributed by atoms with Crippen molar-refractivity contribution in [2.45, 2.75) is 38.0 Å². The van der Waals surface area contributed by atoms with Gasteiger partial charge in [-0.25, -0.2) is 8.78 Å². The molecule has 2 amide bonds. The van der Waals surface area contributed by atoms with E-state index in [1.807, 2.05) is 0 Å². The van der Waals surface area contributed by atoms with Gasteiger partial charge in [0.1, 0.15) is 6.04 Å². The van der Waals surface area contributed by atoms with Gasteiger partial charge in [0.25, 0.3) is 5.91 Å². The van der Waals surface area contributed by atoms with Gasteiger partial charge in [0.05, 0.1) is 5.56 Å². The molecule has 24 heavy (non-hydrogen) atoms. The Kier molecular flexibility index (Phi) is 5.10. The van der Waals surface area contributed by atoms with Crippen LogP contribution in [-0.2, 0) is 4.79 Å². The molecule has 0 spiro atoms. The van der Waals surface area contributed by atoms with Crippen molar-refractivity contribution in [2.24, 2.45) is 0 Å². The zero-order valence-electron chi connectivity index (χ0n) is 12.7. The Morgan fingerprint density at radius 2 is 1.88 bits per heavy atom. The van der Waals surface area contributed by atoms with Crippen molar-refractivity contribution in [1.82, 2.24) is 10.2 Å². The normalized spacial score (nSPS) is 21.5. The van der Waals surface area contributed by atoms with Gasteiger partial charge in [0, 0.05) is 19.5 Å². The highest BCUT2D eigenvalue weighted by Gasteiger charge is 2.48. The number of carbonyl (C=O) groups excluding carboxylic acids is 2. The average Bonchev–Trinajstić information content (AvgIpc) is 2.47. The van der Waals surface area contributed by atoms with Gasteiger partial charge in [-0.2, -0.15) is 13.2 Å². The number of likely N-dealkylation sites (tertiary alicyclic amines) is 1. The lowest BCUT2D eigenvalue weighted by molar-refractivity contribution is -0.184. The Morgan fingerprint density at radius 1 is 1.21 bits per heavy atom. The van der Waals surface area contributed by atoms with Crippen LogP contribution in [0, 0.1) is 11.6 Å². The number of nitrogens with zero attached hydrogens (tertiary/aromatic N) is 1. The third kappa shape index (κ3) is 3.82. The van der Waals surface area contributed by atoms with E-state index >= 15 is 0 Å². The molecule has 1 aliphatic rings. The highest BCUT2D eigenvalue weighted by molar-refractivity contribution is 5.95. The quantitative estimate of drug-likeness (QED) is 0.834. The number of amides is 2. The lowest BCUT2D eigenvalue weighted by Gasteiger charge is -2.40. The number of benzene rings is 1. The number of hydrogen-bond donors (Lipinski definition) is 1. The molecule has 0 unspecified atom stereocenters. The van der Waals surface area contributed by atoms with E-state index < -0.39 is 60.2 Å². The highest BCUT2D eigenvalue weighted by Crippen LogP contribution is 2.33. The topological polar surface area (TPSA) is 49.4 Å². The van der Waals surface area contributed by atoms with Crippen molar-refractivity contribution >= 4 is 11.8 Å². The van der Waals surface area contributed by atoms with Crippen molar-refractivity contribution in [3.05, 3.63) is 35.4 Å². The smallest absolute Gasteiger partial charge is 0.352 e. The third-order valence-electron chi connectivity index (χ3n) is 3.81. The first-order chi connectivity index (χ1) is 11.1. The van der Waals surface area contributed by atoms with E-state index in [4.69, 9.17) is 0 Å². The van der Waals surface area contributed by atoms with Gasteiger partial charge in [-0.05, 0) is 25.0 Å². The Morgan fingerprint density at radius 3 is 2.46 bits per heavy atom. The first-order valence-corrected chi connectivity index (χ1v) is 7.20. The van der Waals surface area contributed by atoms with E-state index in [-0.39, 0.29) is 6.42 Å². The number of carbonyl (C=O) groups is 2. The summed E-state index contributed by atoms with van der Waals surface area (Å²) >= 11 is 0. The molecule has 2 atom stereocenters. The van der Waals surface area contributed by atoms with Crippen molar-refractivity contribution in [3.8, 4) is 0 Å². The Bertz CT molecular complexity index is 647. The van der Waals surface area contributed by atoms with E-state index in [1.54, 1.807) is 0 Å². The molecule has 0 bridgehead atoms. The number of rotatable bonds is 2. The summed E-state index contributed by atoms with van der Waals surface area (Å²) in [6, 6.07) is -0.0528. The van der Waals surface area contributed by atoms with Gasteiger partial charge in [0.15, 0.2) is 11.6 Å². The van der Waals surface area contributed by atoms with Gasteiger partial charge in [-0.1, -0.05) is 6.07 Å². The molecule has 0 aromatic heterocycles. The summed E-state index contributed by atoms with van der Waals surface area (Å²) in [6.07, 6.45) is -5.11. The predicted octanol–water partition coefficient (Wildman–Crippen LogP) is 2.64. The summed E-state index contributed by atoms with van der Waals surface area (Å²) in [5, 5.41) is 2.45. The van der Waals surface area contributed by atoms with Crippen molar-refractivity contribution in [1.29, 1.82) is 0 Å². The molecule has 0 saturated carbocycles. The standard InChI is InChI=1S/C15H15F5N2O2/c1-8(23)21-9-5-6-12(15(18,19)20)22(7-9)14(24)10-3-2-4-11(16)13(10)17/h2-4,9,12H,5-7H2,1H3,(H,21,23)/t9-,12+/m1/s1. The van der Waals surface area contributed by atoms with Crippen LogP contribution in [0.5, 0.6) is 0 Å². The first kappa shape index (κ1) is 18.2. The maximum absolute atomic E-state index is 13.8. The Labute approximate surface area is 134 Å². The molecule has 1 aromatic carbocycles. The van der Waals surface area contributed by atoms with Crippen LogP contribution in [0.15, 0.2) is 18.2 Å². The number of alkyl halides is 3. The van der Waals surface area contributed by atoms with Gasteiger partial charge in [-0.15, -0.1) is 0 Å². The zero-order valence-corrected chi connectivity index (χ0v) is 12.7. The van der Waals surface area contributed by atoms with E-state index in [9.17, 15) is 31.5 Å². The molecular formula is C15H15F5N2O2. The molecule has 1 aliphatic heterocycles. The first-order valence-electron chi connectivity index (χ1n) is 7.20. The fourth-order valence-corrected chi connectivity index (χ4v) is 2.76. The second-order valence-electron chi connectivity index (χ2n) is 5.59. The van der Waals surface area contributed by atoms with E-state index in [1.165, 1.54) is 6.92 Å². The predicted molar refractivity (Wildman–Crippen MR) is 74.1 cm³/mol. The van der Waals surface area contributed by atoms with Crippen molar-refractivity contribution in [3.63, 3.8) is 0 Å². The lowest BCUT2D eigenvalue weighted by atomic mass is 9.96. The monoisotopic (exact) mass is 350 g/mol. The van der Waals surface area contributed by atoms with Crippen molar-refractivity contribution in [2.75, 3.05) is 6.54 Å². The Hall–Kier alpha value is -2.19. The summed E-state index contributed by atoms with van der Waals surface area (Å²) in [5.74, 6) is -4.52. The molecule has 132 valence electrons. The lowest BCUT2D eigenvalue weighted by Crippen LogP contribution is -2.58. The highest BCUT2D eigenvalue weighted by atomic mass is 19.4. The minimum atomic E-state index is -4.71. The van der Waals surface area contributed by atoms with Gasteiger partial charge >= 0.3 is 6.18 Å². The van der Waals surface area contributed by atoms with Gasteiger partial charge < -0.3 is 10.2 Å². The molecule has 2 rings (SSSR count). The van der Waals surface area contributed by atoms with Crippen molar-refractivity contribution < 1.29 is 31.5 Å². The second kappa shape index (κ2) is 6.74. The zero-order chi connectivity index (χ0) is 18.1. The molecular weight excluding hydrogens is 335 g/mol. The number of nitrogens with one attached hydrogen (secondary N) is 1. The fraction of sp³-hybridized carbons (Fsp3) is 0.467. The minimum Gasteiger partial charge on any atom is -0.352 e. The molecule has 9 heteroatoms. The Balaban J connectivity index is 2.34. The van der Waals surface area contributed by atoms with Crippen LogP contribution in [-0.4, -0.2) is 41.5 Å². The summed E-state index contributed by atoms with van der Waals surface area (Å²) in [6.45, 7) is 0.771. The average molecular weight is 350 g/mol. The van der Waals surface area contributed by atoms with Crippen LogP contribution < -0.4 is 5.32 Å². The summed E-state index contributed by atoms with van der Waals surface area (Å²) < 4.78 is 66.6. The van der Waals surface area contributed by atoms with Crippen LogP contribution in [0.1, 0.15) is 30.1 Å². The molecule has 1 fully saturated rings. The SMILES string of the molecule is CC(=O)N[C@@H]1CC[C@@H](C(F)(F)F)N(C(=O)c2cccc(F)c2F)C1. The van der Waals surface area contributed by atoms with E-state index in [0.717, 1.165) is 18.2 Å². The number of hydrogen-bond acceptors (Lipinski definition) is 2. The summed E-state index contributed by atoms with van der Waals surface area (Å²) in [4.78, 5) is 23.9. The molecule has 1 heterocycles. The third-order valence-corrected chi connectivity index (χ3v) is 3.81. The van der Waals surface area contributed by atoms with Gasteiger partial charge in [-0.3, -0.25) is 9.59 Å². The number of piperidine rings is 1. The molecule has 0 aliphatic carbocycles. The largest absolute Gasteiger partial charge is 0.408 e. The van der Waals surface area contributed by atoms with E-state index in [0.29, 0.717) is 4.90 Å². The second-order valence-corrected chi connectivity index (χ2v) is 5.59. The van der Waals surface area contributed by atoms with Crippen LogP contribution in [0.3, 0.4) is 0 Å². The molecule has 1 aromatic rings. The van der Waals surface area contributed by atoms with Gasteiger partial charge in [0.2, 0.25) is 5.91 Å². The van der Waals surface area contributed by atoms with E-state index in [2.05, 4.69) is 5.32 Å². The van der Waals surface area contributed by atoms with Crippen LogP contribution in [0.25, 0.3) is 0 Å². The maximum Gasteiger partial charge on any atom is 0.408 e. The number of halogens is 5. The molecule has 1 saturated heterocycles. The maximum atomic E-state index is 13.8.